The standard InChI is InChI=1S/C9H16N2O4S/c1-15-8(12)9-4-3-7(5-10-6-9)11(9)16(2,13)14/h7,10H,3-6H2,1-2H3. The minimum absolute atomic E-state index is 0.122. The number of ether oxygens (including phenoxy) is 1. The summed E-state index contributed by atoms with van der Waals surface area (Å²) in [4.78, 5) is 11.8. The Balaban J connectivity index is 2.45. The van der Waals surface area contributed by atoms with E-state index in [1.54, 1.807) is 0 Å². The van der Waals surface area contributed by atoms with Crippen molar-refractivity contribution in [3.8, 4) is 0 Å². The minimum atomic E-state index is -3.38. The number of rotatable bonds is 2. The van der Waals surface area contributed by atoms with Crippen molar-refractivity contribution < 1.29 is 17.9 Å². The van der Waals surface area contributed by atoms with Gasteiger partial charge in [-0.05, 0) is 12.8 Å². The molecule has 2 atom stereocenters. The molecular formula is C9H16N2O4S. The van der Waals surface area contributed by atoms with E-state index in [9.17, 15) is 13.2 Å². The Labute approximate surface area is 95.0 Å². The van der Waals surface area contributed by atoms with Crippen molar-refractivity contribution in [2.24, 2.45) is 0 Å². The van der Waals surface area contributed by atoms with Crippen LogP contribution in [0.2, 0.25) is 0 Å². The first-order chi connectivity index (χ1) is 7.42. The molecule has 92 valence electrons. The number of nitrogens with zero attached hydrogens (tertiary/aromatic N) is 1. The van der Waals surface area contributed by atoms with E-state index in [-0.39, 0.29) is 6.04 Å². The summed E-state index contributed by atoms with van der Waals surface area (Å²) in [6.07, 6.45) is 2.38. The smallest absolute Gasteiger partial charge is 0.328 e. The van der Waals surface area contributed by atoms with Crippen LogP contribution in [0.5, 0.6) is 0 Å². The molecule has 0 saturated carbocycles. The lowest BCUT2D eigenvalue weighted by molar-refractivity contribution is -0.152. The van der Waals surface area contributed by atoms with Gasteiger partial charge in [-0.25, -0.2) is 13.2 Å². The van der Waals surface area contributed by atoms with Gasteiger partial charge >= 0.3 is 5.97 Å². The van der Waals surface area contributed by atoms with Crippen LogP contribution >= 0.6 is 0 Å². The molecule has 2 aliphatic rings. The Morgan fingerprint density at radius 3 is 2.81 bits per heavy atom. The molecule has 0 aromatic carbocycles. The van der Waals surface area contributed by atoms with Crippen molar-refractivity contribution in [1.29, 1.82) is 0 Å². The number of fused-ring (bicyclic) bond motifs is 2. The van der Waals surface area contributed by atoms with Crippen molar-refractivity contribution in [3.63, 3.8) is 0 Å². The maximum atomic E-state index is 11.8. The topological polar surface area (TPSA) is 75.7 Å². The number of methoxy groups -OCH3 is 1. The molecule has 6 nitrogen and oxygen atoms in total. The molecule has 7 heteroatoms. The van der Waals surface area contributed by atoms with E-state index in [1.165, 1.54) is 11.4 Å². The third-order valence-corrected chi connectivity index (χ3v) is 4.73. The molecule has 2 rings (SSSR count). The van der Waals surface area contributed by atoms with Gasteiger partial charge in [-0.3, -0.25) is 0 Å². The van der Waals surface area contributed by atoms with Crippen LogP contribution in [-0.4, -0.2) is 56.7 Å². The Hall–Kier alpha value is -0.660. The van der Waals surface area contributed by atoms with Crippen LogP contribution in [0.15, 0.2) is 0 Å². The van der Waals surface area contributed by atoms with Crippen LogP contribution in [0.4, 0.5) is 0 Å². The molecule has 0 amide bonds. The molecule has 0 aromatic rings. The van der Waals surface area contributed by atoms with Crippen molar-refractivity contribution in [1.82, 2.24) is 9.62 Å². The molecule has 2 fully saturated rings. The van der Waals surface area contributed by atoms with Gasteiger partial charge in [0.05, 0.1) is 13.4 Å². The maximum absolute atomic E-state index is 11.8. The highest BCUT2D eigenvalue weighted by atomic mass is 32.2. The van der Waals surface area contributed by atoms with E-state index in [2.05, 4.69) is 5.32 Å². The number of sulfonamides is 1. The van der Waals surface area contributed by atoms with Crippen molar-refractivity contribution >= 4 is 16.0 Å². The quantitative estimate of drug-likeness (QED) is 0.629. The molecule has 2 saturated heterocycles. The summed E-state index contributed by atoms with van der Waals surface area (Å²) < 4.78 is 29.6. The summed E-state index contributed by atoms with van der Waals surface area (Å²) in [5.41, 5.74) is -1.02. The number of nitrogens with one attached hydrogen (secondary N) is 1. The monoisotopic (exact) mass is 248 g/mol. The predicted molar refractivity (Wildman–Crippen MR) is 57.3 cm³/mol. The fourth-order valence-corrected chi connectivity index (χ4v) is 4.41. The molecule has 0 aliphatic carbocycles. The van der Waals surface area contributed by atoms with Gasteiger partial charge in [-0.2, -0.15) is 4.31 Å². The molecule has 2 aliphatic heterocycles. The highest BCUT2D eigenvalue weighted by molar-refractivity contribution is 7.88. The van der Waals surface area contributed by atoms with Gasteiger partial charge < -0.3 is 10.1 Å². The fraction of sp³-hybridized carbons (Fsp3) is 0.889. The van der Waals surface area contributed by atoms with Crippen LogP contribution < -0.4 is 5.32 Å². The van der Waals surface area contributed by atoms with Gasteiger partial charge in [0.25, 0.3) is 0 Å². The third-order valence-electron chi connectivity index (χ3n) is 3.36. The lowest BCUT2D eigenvalue weighted by atomic mass is 9.98. The van der Waals surface area contributed by atoms with Crippen molar-refractivity contribution in [2.45, 2.75) is 24.4 Å². The normalized spacial score (nSPS) is 35.0. The van der Waals surface area contributed by atoms with Crippen LogP contribution in [0.1, 0.15) is 12.8 Å². The summed E-state index contributed by atoms with van der Waals surface area (Å²) in [6.45, 7) is 0.940. The fourth-order valence-electron chi connectivity index (χ4n) is 2.82. The summed E-state index contributed by atoms with van der Waals surface area (Å²) in [7, 11) is -2.09. The van der Waals surface area contributed by atoms with Crippen LogP contribution in [0, 0.1) is 0 Å². The molecule has 0 aromatic heterocycles. The zero-order valence-corrected chi connectivity index (χ0v) is 10.2. The second-order valence-electron chi connectivity index (χ2n) is 4.41. The molecule has 1 N–H and O–H groups in total. The number of carbonyl (C=O) groups excluding carboxylic acids is 1. The summed E-state index contributed by atoms with van der Waals surface area (Å²) >= 11 is 0. The van der Waals surface area contributed by atoms with E-state index in [1.807, 2.05) is 0 Å². The Bertz CT molecular complexity index is 404. The number of hydrogen-bond acceptors (Lipinski definition) is 5. The van der Waals surface area contributed by atoms with E-state index >= 15 is 0 Å². The Morgan fingerprint density at radius 2 is 2.25 bits per heavy atom. The lowest BCUT2D eigenvalue weighted by Gasteiger charge is -2.40. The second kappa shape index (κ2) is 3.68. The molecule has 16 heavy (non-hydrogen) atoms. The highest BCUT2D eigenvalue weighted by Crippen LogP contribution is 2.39. The van der Waals surface area contributed by atoms with Gasteiger partial charge in [-0.1, -0.05) is 0 Å². The van der Waals surface area contributed by atoms with E-state index in [4.69, 9.17) is 4.74 Å². The van der Waals surface area contributed by atoms with Gasteiger partial charge in [0.15, 0.2) is 0 Å². The van der Waals surface area contributed by atoms with Crippen molar-refractivity contribution in [3.05, 3.63) is 0 Å². The van der Waals surface area contributed by atoms with Gasteiger partial charge in [-0.15, -0.1) is 0 Å². The summed E-state index contributed by atoms with van der Waals surface area (Å²) in [5.74, 6) is -0.465. The zero-order chi connectivity index (χ0) is 12.0. The molecular weight excluding hydrogens is 232 g/mol. The molecule has 0 spiro atoms. The van der Waals surface area contributed by atoms with Gasteiger partial charge in [0, 0.05) is 19.1 Å². The van der Waals surface area contributed by atoms with Gasteiger partial charge in [0.1, 0.15) is 5.54 Å². The third kappa shape index (κ3) is 1.54. The zero-order valence-electron chi connectivity index (χ0n) is 9.39. The van der Waals surface area contributed by atoms with E-state index in [0.29, 0.717) is 25.9 Å². The van der Waals surface area contributed by atoms with E-state index in [0.717, 1.165) is 6.26 Å². The largest absolute Gasteiger partial charge is 0.468 e. The van der Waals surface area contributed by atoms with Crippen LogP contribution in [0.25, 0.3) is 0 Å². The summed E-state index contributed by atoms with van der Waals surface area (Å²) in [5, 5.41) is 3.10. The second-order valence-corrected chi connectivity index (χ2v) is 6.26. The number of carbonyl (C=O) groups is 1. The molecule has 2 bridgehead atoms. The van der Waals surface area contributed by atoms with Crippen molar-refractivity contribution in [2.75, 3.05) is 26.5 Å². The SMILES string of the molecule is COC(=O)C12CCC(CNC1)N2S(C)(=O)=O. The average molecular weight is 248 g/mol. The van der Waals surface area contributed by atoms with Crippen LogP contribution in [-0.2, 0) is 19.6 Å². The van der Waals surface area contributed by atoms with Gasteiger partial charge in [0.2, 0.25) is 10.0 Å². The molecule has 2 unspecified atom stereocenters. The highest BCUT2D eigenvalue weighted by Gasteiger charge is 2.58. The average Bonchev–Trinajstić information content (AvgIpc) is 2.47. The predicted octanol–water partition coefficient (Wildman–Crippen LogP) is -1.07. The molecule has 2 heterocycles. The van der Waals surface area contributed by atoms with Crippen LogP contribution in [0.3, 0.4) is 0 Å². The Morgan fingerprint density at radius 1 is 1.56 bits per heavy atom. The Kier molecular flexibility index (Phi) is 2.72. The first-order valence-electron chi connectivity index (χ1n) is 5.20. The molecule has 0 radical (unpaired) electrons. The van der Waals surface area contributed by atoms with E-state index < -0.39 is 21.5 Å². The number of hydrogen-bond donors (Lipinski definition) is 1. The summed E-state index contributed by atoms with van der Waals surface area (Å²) in [6, 6.07) is -0.122. The minimum Gasteiger partial charge on any atom is -0.468 e. The maximum Gasteiger partial charge on any atom is 0.328 e. The number of esters is 1. The lowest BCUT2D eigenvalue weighted by Crippen LogP contribution is -2.65. The first kappa shape index (κ1) is 11.8. The first-order valence-corrected chi connectivity index (χ1v) is 7.05. The number of piperazine rings is 1.